The number of oxazole rings is 1. The van der Waals surface area contributed by atoms with Gasteiger partial charge in [0.15, 0.2) is 0 Å². The van der Waals surface area contributed by atoms with E-state index >= 15 is 0 Å². The maximum absolute atomic E-state index is 10.8. The average molecular weight is 257 g/mol. The first-order valence-electron chi connectivity index (χ1n) is 5.98. The first-order valence-corrected chi connectivity index (χ1v) is 5.98. The van der Waals surface area contributed by atoms with Crippen molar-refractivity contribution in [2.24, 2.45) is 0 Å². The number of aromatic nitrogens is 1. The van der Waals surface area contributed by atoms with Gasteiger partial charge in [-0.25, -0.2) is 4.98 Å². The van der Waals surface area contributed by atoms with E-state index in [-0.39, 0.29) is 12.6 Å². The largest absolute Gasteiger partial charge is 0.459 e. The summed E-state index contributed by atoms with van der Waals surface area (Å²) >= 11 is 0. The van der Waals surface area contributed by atoms with E-state index in [0.29, 0.717) is 17.3 Å². The summed E-state index contributed by atoms with van der Waals surface area (Å²) in [5, 5.41) is 0. The molecule has 0 aliphatic rings. The van der Waals surface area contributed by atoms with Crippen molar-refractivity contribution in [1.29, 1.82) is 0 Å². The Morgan fingerprint density at radius 2 is 2.05 bits per heavy atom. The van der Waals surface area contributed by atoms with Crippen LogP contribution >= 0.6 is 0 Å². The molecule has 0 saturated carbocycles. The molecule has 0 amide bonds. The van der Waals surface area contributed by atoms with Crippen LogP contribution < -0.4 is 0 Å². The zero-order valence-electron chi connectivity index (χ0n) is 10.9. The molecule has 0 aliphatic heterocycles. The number of ether oxygens (including phenoxy) is 1. The van der Waals surface area contributed by atoms with Crippen molar-refractivity contribution in [3.63, 3.8) is 0 Å². The van der Waals surface area contributed by atoms with Gasteiger partial charge in [-0.05, 0) is 18.6 Å². The van der Waals surface area contributed by atoms with Crippen LogP contribution in [0.15, 0.2) is 34.7 Å². The van der Waals surface area contributed by atoms with Crippen molar-refractivity contribution < 1.29 is 13.9 Å². The van der Waals surface area contributed by atoms with Crippen molar-refractivity contribution >= 4 is 18.1 Å². The van der Waals surface area contributed by atoms with E-state index in [9.17, 15) is 4.79 Å². The van der Waals surface area contributed by atoms with Gasteiger partial charge in [-0.15, -0.1) is 0 Å². The summed E-state index contributed by atoms with van der Waals surface area (Å²) in [6, 6.07) is 9.88. The van der Waals surface area contributed by atoms with Gasteiger partial charge in [0.05, 0.1) is 0 Å². The number of nitrogens with zero attached hydrogens (tertiary/aromatic N) is 1. The van der Waals surface area contributed by atoms with Crippen molar-refractivity contribution in [3.05, 3.63) is 53.2 Å². The van der Waals surface area contributed by atoms with E-state index in [0.717, 1.165) is 5.56 Å². The molecule has 0 N–H and O–H groups in total. The molecule has 0 atom stereocenters. The van der Waals surface area contributed by atoms with Crippen LogP contribution in [-0.2, 0) is 16.1 Å². The number of esters is 1. The van der Waals surface area contributed by atoms with Gasteiger partial charge in [-0.3, -0.25) is 4.79 Å². The fourth-order valence-corrected chi connectivity index (χ4v) is 1.56. The topological polar surface area (TPSA) is 52.3 Å². The van der Waals surface area contributed by atoms with Crippen LogP contribution in [0.25, 0.3) is 12.2 Å². The molecule has 4 heteroatoms. The first kappa shape index (κ1) is 13.1. The minimum Gasteiger partial charge on any atom is -0.459 e. The summed E-state index contributed by atoms with van der Waals surface area (Å²) in [5.41, 5.74) is 1.71. The van der Waals surface area contributed by atoms with Gasteiger partial charge in [-0.1, -0.05) is 30.3 Å². The number of hydrogen-bond donors (Lipinski definition) is 0. The highest BCUT2D eigenvalue weighted by Crippen LogP contribution is 2.14. The second-order valence-corrected chi connectivity index (χ2v) is 4.08. The van der Waals surface area contributed by atoms with Gasteiger partial charge in [0.2, 0.25) is 5.89 Å². The lowest BCUT2D eigenvalue weighted by Crippen LogP contribution is -2.00. The van der Waals surface area contributed by atoms with Gasteiger partial charge in [0.25, 0.3) is 0 Å². The van der Waals surface area contributed by atoms with Crippen molar-refractivity contribution in [1.82, 2.24) is 4.98 Å². The lowest BCUT2D eigenvalue weighted by molar-refractivity contribution is -0.142. The summed E-state index contributed by atoms with van der Waals surface area (Å²) < 4.78 is 10.4. The fourth-order valence-electron chi connectivity index (χ4n) is 1.56. The molecular weight excluding hydrogens is 242 g/mol. The molecule has 98 valence electrons. The summed E-state index contributed by atoms with van der Waals surface area (Å²) in [5.74, 6) is 0.834. The monoisotopic (exact) mass is 257 g/mol. The highest BCUT2D eigenvalue weighted by Gasteiger charge is 2.08. The molecule has 0 fully saturated rings. The Kier molecular flexibility index (Phi) is 4.13. The van der Waals surface area contributed by atoms with Crippen LogP contribution in [0.1, 0.15) is 29.8 Å². The summed E-state index contributed by atoms with van der Waals surface area (Å²) in [6.07, 6.45) is 3.71. The molecule has 1 aromatic carbocycles. The van der Waals surface area contributed by atoms with E-state index in [1.165, 1.54) is 6.92 Å². The molecule has 2 rings (SSSR count). The van der Waals surface area contributed by atoms with E-state index in [1.54, 1.807) is 13.0 Å². The molecule has 19 heavy (non-hydrogen) atoms. The van der Waals surface area contributed by atoms with E-state index < -0.39 is 0 Å². The van der Waals surface area contributed by atoms with Gasteiger partial charge >= 0.3 is 5.97 Å². The van der Waals surface area contributed by atoms with Crippen LogP contribution in [0.5, 0.6) is 0 Å². The predicted octanol–water partition coefficient (Wildman–Crippen LogP) is 3.22. The lowest BCUT2D eigenvalue weighted by atomic mass is 10.2. The van der Waals surface area contributed by atoms with Crippen LogP contribution in [0.2, 0.25) is 0 Å². The molecule has 2 aromatic rings. The molecule has 4 nitrogen and oxygen atoms in total. The number of carbonyl (C=O) groups is 1. The summed E-state index contributed by atoms with van der Waals surface area (Å²) in [4.78, 5) is 15.0. The number of benzene rings is 1. The van der Waals surface area contributed by atoms with Crippen molar-refractivity contribution in [3.8, 4) is 0 Å². The summed E-state index contributed by atoms with van der Waals surface area (Å²) in [6.45, 7) is 3.31. The Morgan fingerprint density at radius 1 is 1.32 bits per heavy atom. The van der Waals surface area contributed by atoms with Gasteiger partial charge in [-0.2, -0.15) is 0 Å². The van der Waals surface area contributed by atoms with Crippen molar-refractivity contribution in [2.75, 3.05) is 0 Å². The van der Waals surface area contributed by atoms with E-state index in [2.05, 4.69) is 4.98 Å². The number of carbonyl (C=O) groups excluding carboxylic acids is 1. The smallest absolute Gasteiger partial charge is 0.303 e. The number of aryl methyl sites for hydroxylation is 1. The third-order valence-corrected chi connectivity index (χ3v) is 2.54. The molecule has 1 heterocycles. The quantitative estimate of drug-likeness (QED) is 0.789. The Bertz CT molecular complexity index is 585. The molecule has 0 unspecified atom stereocenters. The maximum atomic E-state index is 10.8. The van der Waals surface area contributed by atoms with Gasteiger partial charge in [0.1, 0.15) is 18.1 Å². The normalized spacial score (nSPS) is 10.8. The van der Waals surface area contributed by atoms with Crippen molar-refractivity contribution in [2.45, 2.75) is 20.5 Å². The molecule has 0 saturated heterocycles. The highest BCUT2D eigenvalue weighted by atomic mass is 16.5. The van der Waals surface area contributed by atoms with Crippen LogP contribution in [0.4, 0.5) is 0 Å². The van der Waals surface area contributed by atoms with Crippen LogP contribution in [-0.4, -0.2) is 11.0 Å². The predicted molar refractivity (Wildman–Crippen MR) is 72.1 cm³/mol. The minimum absolute atomic E-state index is 0.143. The third-order valence-electron chi connectivity index (χ3n) is 2.54. The summed E-state index contributed by atoms with van der Waals surface area (Å²) in [7, 11) is 0. The van der Waals surface area contributed by atoms with Crippen LogP contribution in [0, 0.1) is 6.92 Å². The Balaban J connectivity index is 2.07. The average Bonchev–Trinajstić information content (AvgIpc) is 2.76. The maximum Gasteiger partial charge on any atom is 0.303 e. The molecule has 0 bridgehead atoms. The Hall–Kier alpha value is -2.36. The van der Waals surface area contributed by atoms with Gasteiger partial charge in [0, 0.05) is 13.0 Å². The second-order valence-electron chi connectivity index (χ2n) is 4.08. The number of hydrogen-bond acceptors (Lipinski definition) is 4. The van der Waals surface area contributed by atoms with Gasteiger partial charge < -0.3 is 9.15 Å². The second kappa shape index (κ2) is 6.00. The SMILES string of the molecule is CC(=O)OCc1nc(C=Cc2ccccc2)oc1C. The lowest BCUT2D eigenvalue weighted by Gasteiger charge is -1.96. The molecular formula is C15H15NO3. The fraction of sp³-hybridized carbons (Fsp3) is 0.200. The molecule has 0 radical (unpaired) electrons. The zero-order valence-corrected chi connectivity index (χ0v) is 10.9. The Labute approximate surface area is 111 Å². The standard InChI is InChI=1S/C15H15NO3/c1-11-14(10-18-12(2)17)16-15(19-11)9-8-13-6-4-3-5-7-13/h3-9H,10H2,1-2H3. The third kappa shape index (κ3) is 3.81. The Morgan fingerprint density at radius 3 is 2.74 bits per heavy atom. The van der Waals surface area contributed by atoms with Crippen LogP contribution in [0.3, 0.4) is 0 Å². The zero-order chi connectivity index (χ0) is 13.7. The first-order chi connectivity index (χ1) is 9.15. The minimum atomic E-state index is -0.330. The molecule has 0 aliphatic carbocycles. The van der Waals surface area contributed by atoms with E-state index in [1.807, 2.05) is 36.4 Å². The molecule has 0 spiro atoms. The number of rotatable bonds is 4. The highest BCUT2D eigenvalue weighted by molar-refractivity contribution is 5.66. The molecule has 1 aromatic heterocycles. The van der Waals surface area contributed by atoms with E-state index in [4.69, 9.17) is 9.15 Å².